The van der Waals surface area contributed by atoms with Gasteiger partial charge in [-0.1, -0.05) is 13.8 Å². The zero-order valence-corrected chi connectivity index (χ0v) is 15.4. The Hall–Kier alpha value is -0.570. The summed E-state index contributed by atoms with van der Waals surface area (Å²) >= 11 is 0. The number of hydrogen-bond acceptors (Lipinski definition) is 3. The van der Waals surface area contributed by atoms with Crippen LogP contribution in [0.4, 0.5) is 0 Å². The van der Waals surface area contributed by atoms with E-state index in [0.29, 0.717) is 6.42 Å². The first-order valence-electron chi connectivity index (χ1n) is 9.64. The fourth-order valence-corrected chi connectivity index (χ4v) is 5.96. The molecule has 4 saturated carbocycles. The van der Waals surface area contributed by atoms with E-state index < -0.39 is 5.41 Å². The highest BCUT2D eigenvalue weighted by molar-refractivity contribution is 5.77. The molecular weight excluding hydrogens is 288 g/mol. The Balaban J connectivity index is 1.84. The molecule has 0 heterocycles. The number of aliphatic hydroxyl groups excluding tert-OH is 1. The van der Waals surface area contributed by atoms with Gasteiger partial charge in [0.05, 0.1) is 12.0 Å². The van der Waals surface area contributed by atoms with E-state index in [1.165, 1.54) is 38.5 Å². The Labute approximate surface area is 141 Å². The molecule has 3 nitrogen and oxygen atoms in total. The molecule has 4 aliphatic rings. The van der Waals surface area contributed by atoms with Crippen LogP contribution in [0.15, 0.2) is 0 Å². The highest BCUT2D eigenvalue weighted by Gasteiger charge is 2.60. The van der Waals surface area contributed by atoms with Crippen molar-refractivity contribution >= 4 is 5.97 Å². The van der Waals surface area contributed by atoms with Crippen LogP contribution in [0.25, 0.3) is 0 Å². The van der Waals surface area contributed by atoms with E-state index in [9.17, 15) is 9.90 Å². The Morgan fingerprint density at radius 2 is 1.52 bits per heavy atom. The molecule has 3 heteroatoms. The largest absolute Gasteiger partial charge is 0.458 e. The maximum Gasteiger partial charge on any atom is 0.314 e. The van der Waals surface area contributed by atoms with Crippen LogP contribution in [0, 0.1) is 28.6 Å². The van der Waals surface area contributed by atoms with Crippen molar-refractivity contribution in [2.75, 3.05) is 6.61 Å². The quantitative estimate of drug-likeness (QED) is 0.741. The Morgan fingerprint density at radius 3 is 1.87 bits per heavy atom. The van der Waals surface area contributed by atoms with Crippen LogP contribution < -0.4 is 0 Å². The molecule has 132 valence electrons. The molecule has 0 aromatic carbocycles. The van der Waals surface area contributed by atoms with Gasteiger partial charge in [0.1, 0.15) is 5.60 Å². The zero-order chi connectivity index (χ0) is 16.9. The smallest absolute Gasteiger partial charge is 0.314 e. The maximum atomic E-state index is 12.8. The van der Waals surface area contributed by atoms with Crippen molar-refractivity contribution in [1.82, 2.24) is 0 Å². The van der Waals surface area contributed by atoms with E-state index in [2.05, 4.69) is 13.8 Å². The minimum atomic E-state index is -0.765. The Bertz CT molecular complexity index is 430. The van der Waals surface area contributed by atoms with Crippen molar-refractivity contribution in [3.05, 3.63) is 0 Å². The number of hydrogen-bond donors (Lipinski definition) is 1. The highest BCUT2D eigenvalue weighted by atomic mass is 16.6. The van der Waals surface area contributed by atoms with Crippen molar-refractivity contribution in [1.29, 1.82) is 0 Å². The average Bonchev–Trinajstić information content (AvgIpc) is 2.52. The predicted octanol–water partition coefficient (Wildman–Crippen LogP) is 4.32. The van der Waals surface area contributed by atoms with Crippen LogP contribution in [0.1, 0.15) is 79.1 Å². The fraction of sp³-hybridized carbons (Fsp3) is 0.950. The second-order valence-corrected chi connectivity index (χ2v) is 9.24. The molecule has 0 spiro atoms. The van der Waals surface area contributed by atoms with E-state index in [0.717, 1.165) is 24.2 Å². The van der Waals surface area contributed by atoms with Crippen LogP contribution in [0.2, 0.25) is 0 Å². The van der Waals surface area contributed by atoms with Crippen LogP contribution in [0.3, 0.4) is 0 Å². The second-order valence-electron chi connectivity index (χ2n) is 9.24. The first-order chi connectivity index (χ1) is 10.8. The number of esters is 1. The molecule has 1 N–H and O–H groups in total. The lowest BCUT2D eigenvalue weighted by molar-refractivity contribution is -0.214. The summed E-state index contributed by atoms with van der Waals surface area (Å²) in [6.45, 7) is 7.97. The van der Waals surface area contributed by atoms with Gasteiger partial charge in [0, 0.05) is 5.41 Å². The average molecular weight is 322 g/mol. The summed E-state index contributed by atoms with van der Waals surface area (Å²) in [6.07, 6.45) is 9.39. The van der Waals surface area contributed by atoms with Crippen LogP contribution in [-0.2, 0) is 9.53 Å². The summed E-state index contributed by atoms with van der Waals surface area (Å²) in [5, 5.41) is 9.66. The summed E-state index contributed by atoms with van der Waals surface area (Å²) in [5.41, 5.74) is -0.972. The normalized spacial score (nSPS) is 40.5. The van der Waals surface area contributed by atoms with Gasteiger partial charge in [0.2, 0.25) is 0 Å². The fourth-order valence-electron chi connectivity index (χ4n) is 5.96. The first kappa shape index (κ1) is 17.3. The van der Waals surface area contributed by atoms with Gasteiger partial charge in [-0.15, -0.1) is 0 Å². The topological polar surface area (TPSA) is 46.5 Å². The SMILES string of the molecule is CCC(C)(CO)C(=O)OC(C)(CC)C12CC3CC(CC(C3)C1)C2. The van der Waals surface area contributed by atoms with Crippen molar-refractivity contribution in [3.8, 4) is 0 Å². The van der Waals surface area contributed by atoms with Gasteiger partial charge >= 0.3 is 5.97 Å². The third kappa shape index (κ3) is 2.63. The van der Waals surface area contributed by atoms with Crippen molar-refractivity contribution in [2.24, 2.45) is 28.6 Å². The van der Waals surface area contributed by atoms with Crippen molar-refractivity contribution in [3.63, 3.8) is 0 Å². The van der Waals surface area contributed by atoms with Crippen LogP contribution in [0.5, 0.6) is 0 Å². The summed E-state index contributed by atoms with van der Waals surface area (Å²) in [5.74, 6) is 2.34. The zero-order valence-electron chi connectivity index (χ0n) is 15.4. The van der Waals surface area contributed by atoms with Gasteiger partial charge in [-0.25, -0.2) is 0 Å². The van der Waals surface area contributed by atoms with Gasteiger partial charge in [0.15, 0.2) is 0 Å². The summed E-state index contributed by atoms with van der Waals surface area (Å²) in [4.78, 5) is 12.8. The molecule has 0 radical (unpaired) electrons. The van der Waals surface area contributed by atoms with E-state index in [1.807, 2.05) is 13.8 Å². The van der Waals surface area contributed by atoms with Gasteiger partial charge in [0.25, 0.3) is 0 Å². The van der Waals surface area contributed by atoms with Gasteiger partial charge in [-0.2, -0.15) is 0 Å². The molecule has 0 aliphatic heterocycles. The summed E-state index contributed by atoms with van der Waals surface area (Å²) < 4.78 is 6.22. The second kappa shape index (κ2) is 5.75. The lowest BCUT2D eigenvalue weighted by Crippen LogP contribution is -2.59. The summed E-state index contributed by atoms with van der Waals surface area (Å²) in [7, 11) is 0. The molecule has 2 atom stereocenters. The van der Waals surface area contributed by atoms with E-state index in [4.69, 9.17) is 4.74 Å². The minimum absolute atomic E-state index is 0.136. The molecule has 4 rings (SSSR count). The molecule has 23 heavy (non-hydrogen) atoms. The van der Waals surface area contributed by atoms with E-state index >= 15 is 0 Å². The predicted molar refractivity (Wildman–Crippen MR) is 90.9 cm³/mol. The third-order valence-corrected chi connectivity index (χ3v) is 7.77. The van der Waals surface area contributed by atoms with Gasteiger partial charge in [-0.3, -0.25) is 4.79 Å². The monoisotopic (exact) mass is 322 g/mol. The minimum Gasteiger partial charge on any atom is -0.458 e. The van der Waals surface area contributed by atoms with Gasteiger partial charge < -0.3 is 9.84 Å². The number of aliphatic hydroxyl groups is 1. The highest BCUT2D eigenvalue weighted by Crippen LogP contribution is 2.65. The number of rotatable bonds is 6. The molecule has 0 aromatic heterocycles. The third-order valence-electron chi connectivity index (χ3n) is 7.77. The maximum absolute atomic E-state index is 12.8. The lowest BCUT2D eigenvalue weighted by atomic mass is 9.45. The molecule has 4 aliphatic carbocycles. The molecule has 0 saturated heterocycles. The molecular formula is C20H34O3. The van der Waals surface area contributed by atoms with Crippen molar-refractivity contribution < 1.29 is 14.6 Å². The van der Waals surface area contributed by atoms with Crippen LogP contribution >= 0.6 is 0 Å². The Morgan fingerprint density at radius 1 is 1.04 bits per heavy atom. The molecule has 4 fully saturated rings. The summed E-state index contributed by atoms with van der Waals surface area (Å²) in [6, 6.07) is 0. The number of carbonyl (C=O) groups is 1. The van der Waals surface area contributed by atoms with E-state index in [-0.39, 0.29) is 23.6 Å². The standard InChI is InChI=1S/C20H34O3/c1-5-18(3,13-21)17(22)23-19(4,6-2)20-10-14-7-15(11-20)9-16(8-14)12-20/h14-16,21H,5-13H2,1-4H3. The lowest BCUT2D eigenvalue weighted by Gasteiger charge is -2.62. The molecule has 2 unspecified atom stereocenters. The van der Waals surface area contributed by atoms with Gasteiger partial charge in [-0.05, 0) is 83.0 Å². The molecule has 0 amide bonds. The number of carbonyl (C=O) groups excluding carboxylic acids is 1. The Kier molecular flexibility index (Phi) is 4.32. The van der Waals surface area contributed by atoms with E-state index in [1.54, 1.807) is 0 Å². The first-order valence-corrected chi connectivity index (χ1v) is 9.64. The number of ether oxygens (including phenoxy) is 1. The van der Waals surface area contributed by atoms with Crippen LogP contribution in [-0.4, -0.2) is 23.3 Å². The molecule has 4 bridgehead atoms. The van der Waals surface area contributed by atoms with Crippen molar-refractivity contribution in [2.45, 2.75) is 84.7 Å². The molecule has 0 aromatic rings.